The van der Waals surface area contributed by atoms with Crippen LogP contribution in [0, 0.1) is 11.8 Å². The second-order valence-electron chi connectivity index (χ2n) is 4.83. The molecule has 3 rings (SSSR count). The van der Waals surface area contributed by atoms with Crippen molar-refractivity contribution in [2.45, 2.75) is 14.4 Å². The minimum absolute atomic E-state index is 0.153. The van der Waals surface area contributed by atoms with Gasteiger partial charge in [0, 0.05) is 15.4 Å². The predicted octanol–water partition coefficient (Wildman–Crippen LogP) is 5.95. The van der Waals surface area contributed by atoms with E-state index in [4.69, 9.17) is 0 Å². The normalized spacial score (nSPS) is 10.1. The van der Waals surface area contributed by atoms with E-state index in [2.05, 4.69) is 60.4 Å². The van der Waals surface area contributed by atoms with Crippen LogP contribution in [0.3, 0.4) is 0 Å². The Balaban J connectivity index is 1.80. The summed E-state index contributed by atoms with van der Waals surface area (Å²) in [5.74, 6) is 6.70. The zero-order chi connectivity index (χ0) is 15.7. The van der Waals surface area contributed by atoms with Crippen molar-refractivity contribution in [2.75, 3.05) is 0 Å². The van der Waals surface area contributed by atoms with Gasteiger partial charge in [-0.3, -0.25) is 0 Å². The van der Waals surface area contributed by atoms with E-state index in [1.807, 2.05) is 42.5 Å². The van der Waals surface area contributed by atoms with E-state index in [0.29, 0.717) is 0 Å². The van der Waals surface area contributed by atoms with E-state index < -0.39 is 0 Å². The molecule has 0 aliphatic rings. The fourth-order valence-corrected chi connectivity index (χ4v) is 4.21. The SMILES string of the molecule is C(#CC(Sc1ccccc1)Sc1ccccc1)c1ccccc1. The van der Waals surface area contributed by atoms with Crippen LogP contribution < -0.4 is 0 Å². The highest BCUT2D eigenvalue weighted by Gasteiger charge is 2.09. The predicted molar refractivity (Wildman–Crippen MR) is 102 cm³/mol. The summed E-state index contributed by atoms with van der Waals surface area (Å²) in [5.41, 5.74) is 1.06. The average molecular weight is 332 g/mol. The van der Waals surface area contributed by atoms with E-state index in [9.17, 15) is 0 Å². The first kappa shape index (κ1) is 15.8. The number of hydrogen-bond acceptors (Lipinski definition) is 2. The van der Waals surface area contributed by atoms with E-state index in [0.717, 1.165) is 5.56 Å². The molecular formula is C21H16S2. The first-order valence-electron chi connectivity index (χ1n) is 7.40. The molecule has 0 aliphatic carbocycles. The molecule has 2 heteroatoms. The van der Waals surface area contributed by atoms with Crippen LogP contribution in [0.25, 0.3) is 0 Å². The summed E-state index contributed by atoms with van der Waals surface area (Å²) in [6.07, 6.45) is 0. The highest BCUT2D eigenvalue weighted by Crippen LogP contribution is 2.34. The van der Waals surface area contributed by atoms with E-state index in [1.54, 1.807) is 23.5 Å². The van der Waals surface area contributed by atoms with Crippen LogP contribution in [0.2, 0.25) is 0 Å². The Morgan fingerprint density at radius 1 is 0.565 bits per heavy atom. The molecule has 0 radical (unpaired) electrons. The highest BCUT2D eigenvalue weighted by atomic mass is 32.2. The largest absolute Gasteiger partial charge is 0.120 e. The molecule has 0 bridgehead atoms. The standard InChI is InChI=1S/C21H16S2/c1-4-10-18(11-5-1)16-17-21(22-19-12-6-2-7-13-19)23-20-14-8-3-9-15-20/h1-15,21H. The zero-order valence-corrected chi connectivity index (χ0v) is 14.2. The lowest BCUT2D eigenvalue weighted by Crippen LogP contribution is -1.93. The second-order valence-corrected chi connectivity index (χ2v) is 7.48. The molecule has 0 aliphatic heterocycles. The van der Waals surface area contributed by atoms with Crippen molar-refractivity contribution in [1.82, 2.24) is 0 Å². The maximum Gasteiger partial charge on any atom is 0.120 e. The van der Waals surface area contributed by atoms with Crippen molar-refractivity contribution < 1.29 is 0 Å². The third-order valence-electron chi connectivity index (χ3n) is 3.08. The summed E-state index contributed by atoms with van der Waals surface area (Å²) in [6, 6.07) is 31.0. The molecule has 0 spiro atoms. The lowest BCUT2D eigenvalue weighted by atomic mass is 10.2. The molecule has 112 valence electrons. The summed E-state index contributed by atoms with van der Waals surface area (Å²) < 4.78 is 0.153. The van der Waals surface area contributed by atoms with Gasteiger partial charge in [0.15, 0.2) is 0 Å². The Morgan fingerprint density at radius 3 is 1.48 bits per heavy atom. The molecule has 3 aromatic carbocycles. The van der Waals surface area contributed by atoms with Gasteiger partial charge < -0.3 is 0 Å². The van der Waals surface area contributed by atoms with Crippen LogP contribution >= 0.6 is 23.5 Å². The number of thioether (sulfide) groups is 2. The molecule has 0 saturated carbocycles. The van der Waals surface area contributed by atoms with Gasteiger partial charge >= 0.3 is 0 Å². The van der Waals surface area contributed by atoms with Gasteiger partial charge in [-0.15, -0.1) is 0 Å². The van der Waals surface area contributed by atoms with Gasteiger partial charge in [0.2, 0.25) is 0 Å². The molecule has 0 amide bonds. The Bertz CT molecular complexity index is 730. The van der Waals surface area contributed by atoms with Gasteiger partial charge in [-0.1, -0.05) is 90.0 Å². The van der Waals surface area contributed by atoms with Crippen molar-refractivity contribution in [3.63, 3.8) is 0 Å². The summed E-state index contributed by atoms with van der Waals surface area (Å²) in [7, 11) is 0. The van der Waals surface area contributed by atoms with Crippen LogP contribution in [0.5, 0.6) is 0 Å². The van der Waals surface area contributed by atoms with E-state index in [-0.39, 0.29) is 4.58 Å². The third kappa shape index (κ3) is 5.25. The maximum absolute atomic E-state index is 3.41. The van der Waals surface area contributed by atoms with Crippen molar-refractivity contribution in [3.05, 3.63) is 96.6 Å². The molecule has 0 aromatic heterocycles. The van der Waals surface area contributed by atoms with Crippen LogP contribution in [-0.2, 0) is 0 Å². The smallest absolute Gasteiger partial charge is 0.0981 e. The molecule has 23 heavy (non-hydrogen) atoms. The van der Waals surface area contributed by atoms with Crippen LogP contribution in [0.4, 0.5) is 0 Å². The summed E-state index contributed by atoms with van der Waals surface area (Å²) in [4.78, 5) is 2.48. The van der Waals surface area contributed by atoms with Gasteiger partial charge in [-0.05, 0) is 36.4 Å². The average Bonchev–Trinajstić information content (AvgIpc) is 2.62. The molecule has 3 aromatic rings. The molecule has 0 N–H and O–H groups in total. The van der Waals surface area contributed by atoms with Gasteiger partial charge in [-0.25, -0.2) is 0 Å². The first-order chi connectivity index (χ1) is 11.4. The molecule has 0 heterocycles. The highest BCUT2D eigenvalue weighted by molar-refractivity contribution is 8.17. The summed E-state index contributed by atoms with van der Waals surface area (Å²) in [6.45, 7) is 0. The van der Waals surface area contributed by atoms with Gasteiger partial charge in [0.25, 0.3) is 0 Å². The fourth-order valence-electron chi connectivity index (χ4n) is 1.99. The number of hydrogen-bond donors (Lipinski definition) is 0. The molecule has 0 fully saturated rings. The lowest BCUT2D eigenvalue weighted by molar-refractivity contribution is 1.44. The Hall–Kier alpha value is -2.08. The summed E-state index contributed by atoms with van der Waals surface area (Å²) in [5, 5.41) is 0. The van der Waals surface area contributed by atoms with Gasteiger partial charge in [0.05, 0.1) is 0 Å². The van der Waals surface area contributed by atoms with Crippen LogP contribution in [0.15, 0.2) is 101 Å². The van der Waals surface area contributed by atoms with E-state index in [1.165, 1.54) is 9.79 Å². The number of benzene rings is 3. The van der Waals surface area contributed by atoms with Crippen molar-refractivity contribution in [2.24, 2.45) is 0 Å². The fraction of sp³-hybridized carbons (Fsp3) is 0.0476. The van der Waals surface area contributed by atoms with E-state index >= 15 is 0 Å². The van der Waals surface area contributed by atoms with Crippen molar-refractivity contribution in [3.8, 4) is 11.8 Å². The van der Waals surface area contributed by atoms with Gasteiger partial charge in [0.1, 0.15) is 4.58 Å². The molecule has 0 nitrogen and oxygen atoms in total. The van der Waals surface area contributed by atoms with Crippen LogP contribution in [0.1, 0.15) is 5.56 Å². The Kier molecular flexibility index (Phi) is 5.86. The molecular weight excluding hydrogens is 316 g/mol. The number of rotatable bonds is 4. The Morgan fingerprint density at radius 2 is 1.00 bits per heavy atom. The molecule has 0 unspecified atom stereocenters. The lowest BCUT2D eigenvalue weighted by Gasteiger charge is -2.10. The van der Waals surface area contributed by atoms with Crippen molar-refractivity contribution >= 4 is 23.5 Å². The monoisotopic (exact) mass is 332 g/mol. The zero-order valence-electron chi connectivity index (χ0n) is 12.6. The first-order valence-corrected chi connectivity index (χ1v) is 9.16. The minimum atomic E-state index is 0.153. The summed E-state index contributed by atoms with van der Waals surface area (Å²) >= 11 is 3.58. The molecule has 0 saturated heterocycles. The quantitative estimate of drug-likeness (QED) is 0.329. The maximum atomic E-state index is 3.41. The van der Waals surface area contributed by atoms with Crippen LogP contribution in [-0.4, -0.2) is 4.58 Å². The second kappa shape index (κ2) is 8.53. The van der Waals surface area contributed by atoms with Crippen molar-refractivity contribution in [1.29, 1.82) is 0 Å². The third-order valence-corrected chi connectivity index (χ3v) is 5.41. The van der Waals surface area contributed by atoms with Gasteiger partial charge in [-0.2, -0.15) is 0 Å². The Labute approximate surface area is 146 Å². The molecule has 0 atom stereocenters. The topological polar surface area (TPSA) is 0 Å². The minimum Gasteiger partial charge on any atom is -0.0981 e.